The first-order valence-corrected chi connectivity index (χ1v) is 10.6. The zero-order chi connectivity index (χ0) is 23.6. The lowest BCUT2D eigenvalue weighted by Gasteiger charge is -2.32. The van der Waals surface area contributed by atoms with E-state index in [0.717, 1.165) is 17.7 Å². The fourth-order valence-corrected chi connectivity index (χ4v) is 3.62. The van der Waals surface area contributed by atoms with Crippen LogP contribution in [0.2, 0.25) is 10.0 Å². The molecule has 1 heterocycles. The van der Waals surface area contributed by atoms with Crippen LogP contribution in [0.25, 0.3) is 0 Å². The molecule has 1 saturated carbocycles. The zero-order valence-corrected chi connectivity index (χ0v) is 19.9. The summed E-state index contributed by atoms with van der Waals surface area (Å²) >= 11 is 13.1. The van der Waals surface area contributed by atoms with Crippen molar-refractivity contribution in [2.75, 3.05) is 24.0 Å². The molecule has 0 N–H and O–H groups in total. The predicted octanol–water partition coefficient (Wildman–Crippen LogP) is 5.33. The van der Waals surface area contributed by atoms with Crippen LogP contribution in [-0.4, -0.2) is 48.0 Å². The molecule has 9 nitrogen and oxygen atoms in total. The van der Waals surface area contributed by atoms with Crippen molar-refractivity contribution in [3.63, 3.8) is 0 Å². The molecule has 3 amide bonds. The van der Waals surface area contributed by atoms with Crippen molar-refractivity contribution >= 4 is 46.8 Å². The normalized spacial score (nSPS) is 13.3. The maximum atomic E-state index is 13.8. The number of ether oxygens (including phenoxy) is 3. The molecular formula is C21H24Cl2N4O5. The molecular weight excluding hydrogens is 459 g/mol. The second-order valence-electron chi connectivity index (χ2n) is 8.02. The van der Waals surface area contributed by atoms with Gasteiger partial charge in [-0.05, 0) is 39.7 Å². The minimum Gasteiger partial charge on any atom is -0.495 e. The molecule has 0 atom stereocenters. The minimum absolute atomic E-state index is 0.0454. The minimum atomic E-state index is -0.957. The van der Waals surface area contributed by atoms with E-state index in [0.29, 0.717) is 5.82 Å². The maximum Gasteiger partial charge on any atom is 0.423 e. The largest absolute Gasteiger partial charge is 0.495 e. The van der Waals surface area contributed by atoms with Gasteiger partial charge in [0.25, 0.3) is 0 Å². The first-order valence-electron chi connectivity index (χ1n) is 9.81. The van der Waals surface area contributed by atoms with Gasteiger partial charge < -0.3 is 14.2 Å². The second-order valence-corrected chi connectivity index (χ2v) is 8.78. The Labute approximate surface area is 196 Å². The molecule has 2 aromatic rings. The lowest BCUT2D eigenvalue weighted by atomic mass is 10.2. The van der Waals surface area contributed by atoms with Crippen molar-refractivity contribution in [1.29, 1.82) is 0 Å². The molecule has 1 aromatic heterocycles. The monoisotopic (exact) mass is 482 g/mol. The molecule has 172 valence electrons. The number of rotatable bonds is 5. The molecule has 11 heteroatoms. The van der Waals surface area contributed by atoms with Gasteiger partial charge in [-0.25, -0.2) is 19.6 Å². The Balaban J connectivity index is 2.19. The molecule has 0 saturated heterocycles. The summed E-state index contributed by atoms with van der Waals surface area (Å²) in [5, 5.41) is -0.0908. The fourth-order valence-electron chi connectivity index (χ4n) is 2.95. The van der Waals surface area contributed by atoms with Crippen LogP contribution in [0.4, 0.5) is 21.1 Å². The number of nitrogens with zero attached hydrogens (tertiary/aromatic N) is 4. The highest BCUT2D eigenvalue weighted by Crippen LogP contribution is 2.47. The Morgan fingerprint density at radius 3 is 2.12 bits per heavy atom. The van der Waals surface area contributed by atoms with Crippen LogP contribution in [-0.2, 0) is 4.74 Å². The molecule has 0 aliphatic heterocycles. The third-order valence-corrected chi connectivity index (χ3v) is 5.20. The molecule has 0 bridgehead atoms. The lowest BCUT2D eigenvalue weighted by Crippen LogP contribution is -2.50. The molecule has 0 spiro atoms. The van der Waals surface area contributed by atoms with Crippen LogP contribution in [0, 0.1) is 0 Å². The number of aromatic nitrogens is 2. The van der Waals surface area contributed by atoms with Gasteiger partial charge in [-0.15, -0.1) is 0 Å². The van der Waals surface area contributed by atoms with Crippen LogP contribution in [0.15, 0.2) is 24.7 Å². The van der Waals surface area contributed by atoms with Crippen molar-refractivity contribution in [3.05, 3.63) is 34.7 Å². The number of amides is 3. The van der Waals surface area contributed by atoms with Crippen LogP contribution < -0.4 is 19.3 Å². The Hall–Kier alpha value is -2.78. The average Bonchev–Trinajstić information content (AvgIpc) is 3.55. The van der Waals surface area contributed by atoms with Gasteiger partial charge in [0.2, 0.25) is 0 Å². The summed E-state index contributed by atoms with van der Waals surface area (Å²) < 4.78 is 16.1. The van der Waals surface area contributed by atoms with Crippen molar-refractivity contribution in [2.24, 2.45) is 0 Å². The summed E-state index contributed by atoms with van der Waals surface area (Å²) in [6.07, 6.45) is 3.38. The quantitative estimate of drug-likeness (QED) is 0.567. The fraction of sp³-hybridized carbons (Fsp3) is 0.429. The summed E-state index contributed by atoms with van der Waals surface area (Å²) in [7, 11) is 2.80. The van der Waals surface area contributed by atoms with Crippen LogP contribution in [0.3, 0.4) is 0 Å². The third kappa shape index (κ3) is 4.99. The summed E-state index contributed by atoms with van der Waals surface area (Å²) in [5.41, 5.74) is -1.000. The Morgan fingerprint density at radius 2 is 1.69 bits per heavy atom. The molecule has 32 heavy (non-hydrogen) atoms. The van der Waals surface area contributed by atoms with Crippen molar-refractivity contribution in [2.45, 2.75) is 45.3 Å². The molecule has 1 aliphatic carbocycles. The predicted molar refractivity (Wildman–Crippen MR) is 121 cm³/mol. The van der Waals surface area contributed by atoms with Crippen molar-refractivity contribution in [1.82, 2.24) is 9.97 Å². The highest BCUT2D eigenvalue weighted by atomic mass is 35.5. The number of anilines is 2. The number of benzene rings is 1. The van der Waals surface area contributed by atoms with Gasteiger partial charge in [0.15, 0.2) is 0 Å². The standard InChI is InChI=1S/C21H24Cl2N4O5/c1-21(2,3)32-20(29)27(18-16(22)13(30-4)10-14(31-5)17(18)23)19(28)26(12-6-7-12)15-8-9-24-11-25-15/h8-12H,6-7H2,1-5H3. The van der Waals surface area contributed by atoms with Gasteiger partial charge in [-0.3, -0.25) is 4.90 Å². The summed E-state index contributed by atoms with van der Waals surface area (Å²) in [5.74, 6) is 0.678. The van der Waals surface area contributed by atoms with Crippen LogP contribution in [0.1, 0.15) is 33.6 Å². The second kappa shape index (κ2) is 9.38. The molecule has 1 aromatic carbocycles. The van der Waals surface area contributed by atoms with Gasteiger partial charge in [-0.2, -0.15) is 4.90 Å². The number of hydrogen-bond acceptors (Lipinski definition) is 7. The molecule has 3 rings (SSSR count). The highest BCUT2D eigenvalue weighted by Gasteiger charge is 2.42. The summed E-state index contributed by atoms with van der Waals surface area (Å²) in [6, 6.07) is 2.18. The molecule has 1 fully saturated rings. The van der Waals surface area contributed by atoms with E-state index in [9.17, 15) is 9.59 Å². The van der Waals surface area contributed by atoms with E-state index < -0.39 is 17.7 Å². The van der Waals surface area contributed by atoms with Crippen LogP contribution >= 0.6 is 23.2 Å². The lowest BCUT2D eigenvalue weighted by molar-refractivity contribution is 0.0594. The van der Waals surface area contributed by atoms with Gasteiger partial charge in [0.05, 0.1) is 14.2 Å². The van der Waals surface area contributed by atoms with E-state index in [1.165, 1.54) is 37.7 Å². The van der Waals surface area contributed by atoms with Crippen molar-refractivity contribution < 1.29 is 23.8 Å². The van der Waals surface area contributed by atoms with Gasteiger partial charge in [-0.1, -0.05) is 23.2 Å². The Morgan fingerprint density at radius 1 is 1.09 bits per heavy atom. The maximum absolute atomic E-state index is 13.8. The first-order chi connectivity index (χ1) is 15.1. The summed E-state index contributed by atoms with van der Waals surface area (Å²) in [4.78, 5) is 37.4. The van der Waals surface area contributed by atoms with E-state index in [1.807, 2.05) is 0 Å². The Bertz CT molecular complexity index is 981. The van der Waals surface area contributed by atoms with Crippen molar-refractivity contribution in [3.8, 4) is 11.5 Å². The third-order valence-electron chi connectivity index (χ3n) is 4.47. The zero-order valence-electron chi connectivity index (χ0n) is 18.4. The molecule has 1 aliphatic rings. The number of carbonyl (C=O) groups is 2. The van der Waals surface area contributed by atoms with E-state index in [2.05, 4.69) is 9.97 Å². The first kappa shape index (κ1) is 23.9. The van der Waals surface area contributed by atoms with E-state index >= 15 is 0 Å². The number of methoxy groups -OCH3 is 2. The molecule has 0 radical (unpaired) electrons. The van der Waals surface area contributed by atoms with E-state index in [1.54, 1.807) is 26.8 Å². The topological polar surface area (TPSA) is 94.1 Å². The number of carbonyl (C=O) groups excluding carboxylic acids is 2. The smallest absolute Gasteiger partial charge is 0.423 e. The van der Waals surface area contributed by atoms with E-state index in [-0.39, 0.29) is 33.3 Å². The number of imide groups is 1. The summed E-state index contributed by atoms with van der Waals surface area (Å²) in [6.45, 7) is 5.06. The SMILES string of the molecule is COc1cc(OC)c(Cl)c(N(C(=O)OC(C)(C)C)C(=O)N(c2ccncn2)C2CC2)c1Cl. The number of urea groups is 1. The number of hydrogen-bond donors (Lipinski definition) is 0. The van der Waals surface area contributed by atoms with Gasteiger partial charge in [0, 0.05) is 18.3 Å². The van der Waals surface area contributed by atoms with Crippen LogP contribution in [0.5, 0.6) is 11.5 Å². The molecule has 0 unspecified atom stereocenters. The van der Waals surface area contributed by atoms with Gasteiger partial charge >= 0.3 is 12.1 Å². The van der Waals surface area contributed by atoms with E-state index in [4.69, 9.17) is 37.4 Å². The van der Waals surface area contributed by atoms with Gasteiger partial charge in [0.1, 0.15) is 45.0 Å². The number of halogens is 2. The Kier molecular flexibility index (Phi) is 7.00. The average molecular weight is 483 g/mol. The highest BCUT2D eigenvalue weighted by molar-refractivity contribution is 6.43.